The highest BCUT2D eigenvalue weighted by atomic mass is 32.2. The van der Waals surface area contributed by atoms with E-state index in [0.717, 1.165) is 11.8 Å². The summed E-state index contributed by atoms with van der Waals surface area (Å²) in [6.07, 6.45) is 1.54. The molecule has 8 nitrogen and oxygen atoms in total. The van der Waals surface area contributed by atoms with Crippen LogP contribution in [0.5, 0.6) is 0 Å². The van der Waals surface area contributed by atoms with Crippen molar-refractivity contribution in [1.29, 1.82) is 0 Å². The molecule has 0 saturated carbocycles. The molecule has 0 aliphatic rings. The van der Waals surface area contributed by atoms with E-state index < -0.39 is 5.97 Å². The van der Waals surface area contributed by atoms with Gasteiger partial charge in [-0.2, -0.15) is 0 Å². The van der Waals surface area contributed by atoms with Crippen molar-refractivity contribution in [3.05, 3.63) is 58.8 Å². The van der Waals surface area contributed by atoms with Gasteiger partial charge in [-0.3, -0.25) is 19.0 Å². The molecule has 146 valence electrons. The van der Waals surface area contributed by atoms with Gasteiger partial charge in [0, 0.05) is 0 Å². The molecule has 0 bridgehead atoms. The van der Waals surface area contributed by atoms with E-state index >= 15 is 0 Å². The molecule has 0 spiro atoms. The van der Waals surface area contributed by atoms with E-state index in [0.29, 0.717) is 16.7 Å². The summed E-state index contributed by atoms with van der Waals surface area (Å²) in [5.41, 5.74) is 0.142. The van der Waals surface area contributed by atoms with Gasteiger partial charge in [-0.05, 0) is 31.2 Å². The zero-order valence-electron chi connectivity index (χ0n) is 15.4. The second kappa shape index (κ2) is 8.75. The fraction of sp³-hybridized carbons (Fsp3) is 0.263. The Hall–Kier alpha value is -3.07. The molecule has 2 heterocycles. The van der Waals surface area contributed by atoms with E-state index in [-0.39, 0.29) is 35.0 Å². The normalized spacial score (nSPS) is 11.9. The number of esters is 1. The monoisotopic (exact) mass is 401 g/mol. The van der Waals surface area contributed by atoms with E-state index in [1.165, 1.54) is 17.9 Å². The Morgan fingerprint density at radius 3 is 2.79 bits per heavy atom. The third kappa shape index (κ3) is 4.42. The number of benzene rings is 1. The summed E-state index contributed by atoms with van der Waals surface area (Å²) in [7, 11) is 1.25. The third-order valence-electron chi connectivity index (χ3n) is 4.02. The lowest BCUT2D eigenvalue weighted by Crippen LogP contribution is -2.30. The van der Waals surface area contributed by atoms with Gasteiger partial charge < -0.3 is 14.5 Å². The Kier molecular flexibility index (Phi) is 6.15. The summed E-state index contributed by atoms with van der Waals surface area (Å²) in [6, 6.07) is 10.1. The van der Waals surface area contributed by atoms with E-state index in [1.54, 1.807) is 36.4 Å². The van der Waals surface area contributed by atoms with Crippen LogP contribution >= 0.6 is 11.8 Å². The number of para-hydroxylation sites is 1. The molecule has 1 aromatic carbocycles. The van der Waals surface area contributed by atoms with Crippen molar-refractivity contribution in [2.24, 2.45) is 0 Å². The maximum absolute atomic E-state index is 12.8. The smallest absolute Gasteiger partial charge is 0.325 e. The van der Waals surface area contributed by atoms with Crippen LogP contribution in [0.25, 0.3) is 10.9 Å². The fourth-order valence-electron chi connectivity index (χ4n) is 2.61. The molecule has 0 radical (unpaired) electrons. The van der Waals surface area contributed by atoms with Crippen LogP contribution in [0.15, 0.2) is 57.0 Å². The molecule has 9 heteroatoms. The lowest BCUT2D eigenvalue weighted by molar-refractivity contribution is -0.141. The number of rotatable bonds is 7. The lowest BCUT2D eigenvalue weighted by Gasteiger charge is -2.13. The number of carbonyl (C=O) groups is 2. The topological polar surface area (TPSA) is 103 Å². The van der Waals surface area contributed by atoms with Crippen LogP contribution in [-0.2, 0) is 20.9 Å². The number of carbonyl (C=O) groups excluding carboxylic acids is 2. The molecular weight excluding hydrogens is 382 g/mol. The number of amides is 1. The highest BCUT2D eigenvalue weighted by molar-refractivity contribution is 7.99. The van der Waals surface area contributed by atoms with Crippen LogP contribution in [-0.4, -0.2) is 34.3 Å². The number of thioether (sulfide) groups is 1. The van der Waals surface area contributed by atoms with E-state index in [1.807, 2.05) is 6.92 Å². The van der Waals surface area contributed by atoms with E-state index in [4.69, 9.17) is 4.42 Å². The Morgan fingerprint density at radius 1 is 1.29 bits per heavy atom. The minimum atomic E-state index is -0.572. The highest BCUT2D eigenvalue weighted by Crippen LogP contribution is 2.19. The highest BCUT2D eigenvalue weighted by Gasteiger charge is 2.17. The molecule has 1 atom stereocenters. The Bertz CT molecular complexity index is 1050. The summed E-state index contributed by atoms with van der Waals surface area (Å²) in [5.74, 6) is -0.153. The third-order valence-corrected chi connectivity index (χ3v) is 5.00. The summed E-state index contributed by atoms with van der Waals surface area (Å²) in [6.45, 7) is 1.53. The minimum Gasteiger partial charge on any atom is -0.468 e. The average molecular weight is 401 g/mol. The van der Waals surface area contributed by atoms with Crippen molar-refractivity contribution >= 4 is 34.5 Å². The molecule has 0 saturated heterocycles. The predicted octanol–water partition coefficient (Wildman–Crippen LogP) is 2.13. The number of nitrogens with one attached hydrogen (secondary N) is 1. The van der Waals surface area contributed by atoms with Crippen LogP contribution in [0.3, 0.4) is 0 Å². The van der Waals surface area contributed by atoms with Gasteiger partial charge in [-0.15, -0.1) is 0 Å². The van der Waals surface area contributed by atoms with Crippen LogP contribution in [0, 0.1) is 0 Å². The van der Waals surface area contributed by atoms with Gasteiger partial charge in [0.25, 0.3) is 5.56 Å². The number of furan rings is 1. The van der Waals surface area contributed by atoms with Crippen molar-refractivity contribution in [3.63, 3.8) is 0 Å². The fourth-order valence-corrected chi connectivity index (χ4v) is 3.42. The quantitative estimate of drug-likeness (QED) is 0.367. The standard InChI is InChI=1S/C19H19N3O5S/c1-12(15-8-5-9-27-15)20-16(23)11-28-19-21-14-7-4-3-6-13(14)18(25)22(19)10-17(24)26-2/h3-9,12H,10-11H2,1-2H3,(H,20,23)/t12-/m1/s1. The second-order valence-corrected chi connectivity index (χ2v) is 6.91. The van der Waals surface area contributed by atoms with Crippen molar-refractivity contribution in [2.45, 2.75) is 24.7 Å². The number of hydrogen-bond donors (Lipinski definition) is 1. The minimum absolute atomic E-state index is 0.0248. The molecule has 3 rings (SSSR count). The Labute approximate surface area is 164 Å². The average Bonchev–Trinajstić information content (AvgIpc) is 3.23. The zero-order valence-corrected chi connectivity index (χ0v) is 16.2. The van der Waals surface area contributed by atoms with Crippen molar-refractivity contribution in [1.82, 2.24) is 14.9 Å². The molecule has 2 aromatic heterocycles. The maximum atomic E-state index is 12.8. The Morgan fingerprint density at radius 2 is 2.07 bits per heavy atom. The van der Waals surface area contributed by atoms with Crippen LogP contribution in [0.4, 0.5) is 0 Å². The first-order valence-corrected chi connectivity index (χ1v) is 9.50. The molecule has 28 heavy (non-hydrogen) atoms. The number of fused-ring (bicyclic) bond motifs is 1. The molecular formula is C19H19N3O5S. The largest absolute Gasteiger partial charge is 0.468 e. The lowest BCUT2D eigenvalue weighted by atomic mass is 10.2. The van der Waals surface area contributed by atoms with Gasteiger partial charge in [0.1, 0.15) is 12.3 Å². The molecule has 0 aliphatic carbocycles. The van der Waals surface area contributed by atoms with Crippen LogP contribution < -0.4 is 10.9 Å². The van der Waals surface area contributed by atoms with E-state index in [9.17, 15) is 14.4 Å². The van der Waals surface area contributed by atoms with Gasteiger partial charge in [-0.25, -0.2) is 4.98 Å². The first kappa shape index (κ1) is 19.7. The van der Waals surface area contributed by atoms with Crippen molar-refractivity contribution in [2.75, 3.05) is 12.9 Å². The van der Waals surface area contributed by atoms with Crippen molar-refractivity contribution in [3.8, 4) is 0 Å². The molecule has 1 amide bonds. The zero-order chi connectivity index (χ0) is 20.1. The summed E-state index contributed by atoms with van der Waals surface area (Å²) < 4.78 is 11.2. The molecule has 1 N–H and O–H groups in total. The molecule has 0 fully saturated rings. The van der Waals surface area contributed by atoms with Gasteiger partial charge in [0.05, 0.1) is 36.1 Å². The number of ether oxygens (including phenoxy) is 1. The Balaban J connectivity index is 1.80. The molecule has 0 aliphatic heterocycles. The molecule has 0 unspecified atom stereocenters. The summed E-state index contributed by atoms with van der Waals surface area (Å²) in [5, 5.41) is 3.48. The molecule has 3 aromatic rings. The SMILES string of the molecule is COC(=O)Cn1c(SCC(=O)N[C@H](C)c2ccco2)nc2ccccc2c1=O. The first-order valence-electron chi connectivity index (χ1n) is 8.51. The number of aromatic nitrogens is 2. The van der Waals surface area contributed by atoms with Gasteiger partial charge >= 0.3 is 5.97 Å². The number of methoxy groups -OCH3 is 1. The second-order valence-electron chi connectivity index (χ2n) is 5.97. The number of hydrogen-bond acceptors (Lipinski definition) is 7. The van der Waals surface area contributed by atoms with Crippen LogP contribution in [0.1, 0.15) is 18.7 Å². The number of nitrogens with zero attached hydrogens (tertiary/aromatic N) is 2. The summed E-state index contributed by atoms with van der Waals surface area (Å²) >= 11 is 1.08. The van der Waals surface area contributed by atoms with Crippen LogP contribution in [0.2, 0.25) is 0 Å². The van der Waals surface area contributed by atoms with Gasteiger partial charge in [0.2, 0.25) is 5.91 Å². The van der Waals surface area contributed by atoms with E-state index in [2.05, 4.69) is 15.0 Å². The van der Waals surface area contributed by atoms with Crippen molar-refractivity contribution < 1.29 is 18.7 Å². The van der Waals surface area contributed by atoms with Gasteiger partial charge in [0.15, 0.2) is 5.16 Å². The maximum Gasteiger partial charge on any atom is 0.325 e. The van der Waals surface area contributed by atoms with Gasteiger partial charge in [-0.1, -0.05) is 23.9 Å². The predicted molar refractivity (Wildman–Crippen MR) is 104 cm³/mol. The summed E-state index contributed by atoms with van der Waals surface area (Å²) in [4.78, 5) is 41.2. The first-order chi connectivity index (χ1) is 13.5.